The van der Waals surface area contributed by atoms with Gasteiger partial charge in [0, 0.05) is 23.5 Å². The van der Waals surface area contributed by atoms with Crippen LogP contribution in [0.4, 0.5) is 8.78 Å². The number of rotatable bonds is 4. The first-order chi connectivity index (χ1) is 16.5. The molecule has 1 fully saturated rings. The van der Waals surface area contributed by atoms with Crippen molar-refractivity contribution >= 4 is 16.9 Å². The van der Waals surface area contributed by atoms with E-state index in [1.807, 2.05) is 36.4 Å². The third-order valence-corrected chi connectivity index (χ3v) is 7.27. The Labute approximate surface area is 195 Å². The average Bonchev–Trinajstić information content (AvgIpc) is 3.58. The summed E-state index contributed by atoms with van der Waals surface area (Å²) < 4.78 is 36.9. The van der Waals surface area contributed by atoms with E-state index in [1.165, 1.54) is 0 Å². The molecule has 0 bridgehead atoms. The van der Waals surface area contributed by atoms with Gasteiger partial charge in [0.15, 0.2) is 11.4 Å². The summed E-state index contributed by atoms with van der Waals surface area (Å²) in [5.74, 6) is -1.67. The molecule has 3 aromatic carbocycles. The number of hydrogen-bond donors (Lipinski definition) is 1. The summed E-state index contributed by atoms with van der Waals surface area (Å²) in [4.78, 5) is 13.5. The van der Waals surface area contributed by atoms with Crippen LogP contribution in [0.25, 0.3) is 33.4 Å². The highest BCUT2D eigenvalue weighted by Gasteiger charge is 2.37. The fourth-order valence-electron chi connectivity index (χ4n) is 5.54. The summed E-state index contributed by atoms with van der Waals surface area (Å²) in [5, 5.41) is 9.94. The van der Waals surface area contributed by atoms with Crippen LogP contribution in [0.15, 0.2) is 65.1 Å². The summed E-state index contributed by atoms with van der Waals surface area (Å²) in [6.45, 7) is 1.17. The van der Waals surface area contributed by atoms with E-state index in [-0.39, 0.29) is 28.9 Å². The Morgan fingerprint density at radius 3 is 2.53 bits per heavy atom. The number of fused-ring (bicyclic) bond motifs is 2. The van der Waals surface area contributed by atoms with Gasteiger partial charge in [0.05, 0.1) is 11.5 Å². The molecule has 34 heavy (non-hydrogen) atoms. The zero-order chi connectivity index (χ0) is 23.4. The second-order valence-electron chi connectivity index (χ2n) is 9.19. The van der Waals surface area contributed by atoms with Crippen molar-refractivity contribution in [2.45, 2.75) is 25.3 Å². The molecule has 2 heterocycles. The lowest BCUT2D eigenvalue weighted by Crippen LogP contribution is -2.26. The summed E-state index contributed by atoms with van der Waals surface area (Å²) in [6, 6.07) is 18.0. The molecular formula is C28H23F2NO3. The van der Waals surface area contributed by atoms with Gasteiger partial charge in [0.2, 0.25) is 0 Å². The molecule has 1 aromatic heterocycles. The quantitative estimate of drug-likeness (QED) is 0.382. The molecule has 0 unspecified atom stereocenters. The predicted octanol–water partition coefficient (Wildman–Crippen LogP) is 6.44. The van der Waals surface area contributed by atoms with Gasteiger partial charge in [0.1, 0.15) is 11.6 Å². The molecule has 0 amide bonds. The van der Waals surface area contributed by atoms with Gasteiger partial charge in [0.25, 0.3) is 0 Å². The molecule has 2 atom stereocenters. The molecule has 1 aliphatic heterocycles. The van der Waals surface area contributed by atoms with Crippen molar-refractivity contribution in [1.82, 2.24) is 4.90 Å². The molecule has 4 aromatic rings. The average molecular weight is 459 g/mol. The third kappa shape index (κ3) is 3.32. The van der Waals surface area contributed by atoms with E-state index < -0.39 is 17.6 Å². The van der Waals surface area contributed by atoms with Gasteiger partial charge in [-0.2, -0.15) is 0 Å². The van der Waals surface area contributed by atoms with E-state index in [2.05, 4.69) is 4.90 Å². The standard InChI is InChI=1S/C28H23F2NO3/c29-25-19(16-5-2-1-3-6-16)7-4-8-21(25)24-14-18-13-22-20(26(30)27(18)34-24)9-10-23(22)31-12-11-17(15-31)28(32)33/h1-8,13-14,17,23H,9-12,15H2,(H,32,33)/t17-,23-/m1/s1. The van der Waals surface area contributed by atoms with Crippen molar-refractivity contribution in [1.29, 1.82) is 0 Å². The van der Waals surface area contributed by atoms with E-state index in [1.54, 1.807) is 24.3 Å². The Kier molecular flexibility index (Phi) is 4.99. The Balaban J connectivity index is 1.39. The summed E-state index contributed by atoms with van der Waals surface area (Å²) in [5.41, 5.74) is 3.17. The number of benzene rings is 3. The van der Waals surface area contributed by atoms with Gasteiger partial charge in [-0.3, -0.25) is 9.69 Å². The topological polar surface area (TPSA) is 53.7 Å². The maximum absolute atomic E-state index is 15.5. The van der Waals surface area contributed by atoms with Crippen LogP contribution in [-0.4, -0.2) is 29.1 Å². The number of carboxylic acids is 1. The van der Waals surface area contributed by atoms with Gasteiger partial charge in [-0.1, -0.05) is 42.5 Å². The molecule has 0 spiro atoms. The Morgan fingerprint density at radius 2 is 1.76 bits per heavy atom. The Bertz CT molecular complexity index is 1410. The molecule has 0 saturated carbocycles. The van der Waals surface area contributed by atoms with E-state index in [4.69, 9.17) is 4.42 Å². The lowest BCUT2D eigenvalue weighted by atomic mass is 10.0. The van der Waals surface area contributed by atoms with Crippen LogP contribution < -0.4 is 0 Å². The number of aliphatic carboxylic acids is 1. The van der Waals surface area contributed by atoms with Crippen LogP contribution in [0.3, 0.4) is 0 Å². The van der Waals surface area contributed by atoms with Crippen LogP contribution in [0.2, 0.25) is 0 Å². The largest absolute Gasteiger partial charge is 0.481 e. The second-order valence-corrected chi connectivity index (χ2v) is 9.19. The van der Waals surface area contributed by atoms with Gasteiger partial charge in [-0.15, -0.1) is 0 Å². The van der Waals surface area contributed by atoms with Crippen molar-refractivity contribution in [3.63, 3.8) is 0 Å². The lowest BCUT2D eigenvalue weighted by Gasteiger charge is -2.24. The highest BCUT2D eigenvalue weighted by Crippen LogP contribution is 2.44. The summed E-state index contributed by atoms with van der Waals surface area (Å²) in [7, 11) is 0. The van der Waals surface area contributed by atoms with Crippen LogP contribution in [0.1, 0.15) is 30.0 Å². The highest BCUT2D eigenvalue weighted by atomic mass is 19.1. The van der Waals surface area contributed by atoms with Crippen molar-refractivity contribution in [3.8, 4) is 22.5 Å². The van der Waals surface area contributed by atoms with Crippen molar-refractivity contribution in [2.24, 2.45) is 5.92 Å². The molecule has 6 rings (SSSR count). The Hall–Kier alpha value is -3.51. The zero-order valence-electron chi connectivity index (χ0n) is 18.4. The van der Waals surface area contributed by atoms with Gasteiger partial charge >= 0.3 is 5.97 Å². The van der Waals surface area contributed by atoms with Gasteiger partial charge in [-0.25, -0.2) is 8.78 Å². The van der Waals surface area contributed by atoms with Gasteiger partial charge < -0.3 is 9.52 Å². The predicted molar refractivity (Wildman–Crippen MR) is 125 cm³/mol. The molecule has 1 N–H and O–H groups in total. The zero-order valence-corrected chi connectivity index (χ0v) is 18.4. The van der Waals surface area contributed by atoms with E-state index in [0.29, 0.717) is 42.4 Å². The first kappa shape index (κ1) is 21.1. The minimum Gasteiger partial charge on any atom is -0.481 e. The number of nitrogens with zero attached hydrogens (tertiary/aromatic N) is 1. The van der Waals surface area contributed by atoms with E-state index >= 15 is 8.78 Å². The lowest BCUT2D eigenvalue weighted by molar-refractivity contribution is -0.141. The summed E-state index contributed by atoms with van der Waals surface area (Å²) in [6.07, 6.45) is 1.94. The van der Waals surface area contributed by atoms with Crippen molar-refractivity contribution < 1.29 is 23.1 Å². The summed E-state index contributed by atoms with van der Waals surface area (Å²) >= 11 is 0. The number of carbonyl (C=O) groups is 1. The Morgan fingerprint density at radius 1 is 0.971 bits per heavy atom. The SMILES string of the molecule is O=C(O)[C@@H]1CCN([C@@H]2CCc3c2cc2cc(-c4cccc(-c5ccccc5)c4F)oc2c3F)C1. The van der Waals surface area contributed by atoms with Crippen LogP contribution in [0.5, 0.6) is 0 Å². The van der Waals surface area contributed by atoms with E-state index in [0.717, 1.165) is 17.5 Å². The van der Waals surface area contributed by atoms with Crippen LogP contribution in [-0.2, 0) is 11.2 Å². The normalized spacial score (nSPS) is 20.2. The maximum atomic E-state index is 15.5. The second kappa shape index (κ2) is 8.06. The molecule has 6 heteroatoms. The molecular weight excluding hydrogens is 436 g/mol. The molecule has 1 aliphatic carbocycles. The fourth-order valence-corrected chi connectivity index (χ4v) is 5.54. The van der Waals surface area contributed by atoms with Crippen LogP contribution in [0, 0.1) is 17.6 Å². The molecule has 0 radical (unpaired) electrons. The molecule has 4 nitrogen and oxygen atoms in total. The maximum Gasteiger partial charge on any atom is 0.307 e. The molecule has 172 valence electrons. The monoisotopic (exact) mass is 459 g/mol. The number of halogens is 2. The minimum atomic E-state index is -0.776. The number of hydrogen-bond acceptors (Lipinski definition) is 3. The first-order valence-electron chi connectivity index (χ1n) is 11.6. The third-order valence-electron chi connectivity index (χ3n) is 7.27. The number of likely N-dealkylation sites (tertiary alicyclic amines) is 1. The van der Waals surface area contributed by atoms with Crippen molar-refractivity contribution in [3.05, 3.63) is 83.4 Å². The fraction of sp³-hybridized carbons (Fsp3) is 0.250. The number of carboxylic acid groups (broad SMARTS) is 1. The first-order valence-corrected chi connectivity index (χ1v) is 11.6. The molecule has 1 saturated heterocycles. The van der Waals surface area contributed by atoms with Crippen LogP contribution >= 0.6 is 0 Å². The van der Waals surface area contributed by atoms with E-state index in [9.17, 15) is 9.90 Å². The molecule has 2 aliphatic rings. The smallest absolute Gasteiger partial charge is 0.307 e. The van der Waals surface area contributed by atoms with Gasteiger partial charge in [-0.05, 0) is 60.7 Å². The minimum absolute atomic E-state index is 0.00487. The highest BCUT2D eigenvalue weighted by molar-refractivity contribution is 5.86. The number of furan rings is 1. The van der Waals surface area contributed by atoms with Crippen molar-refractivity contribution in [2.75, 3.05) is 13.1 Å².